The van der Waals surface area contributed by atoms with Gasteiger partial charge in [-0.15, -0.1) is 0 Å². The molecule has 0 fully saturated rings. The van der Waals surface area contributed by atoms with Gasteiger partial charge in [-0.1, -0.05) is 0 Å². The number of nitrogens with zero attached hydrogens (tertiary/aromatic N) is 1. The molecule has 1 heterocycles. The number of aromatic nitrogens is 1. The highest BCUT2D eigenvalue weighted by Gasteiger charge is 2.26. The molecule has 0 saturated heterocycles. The van der Waals surface area contributed by atoms with Crippen LogP contribution in [0.3, 0.4) is 0 Å². The van der Waals surface area contributed by atoms with Crippen molar-refractivity contribution in [1.29, 1.82) is 0 Å². The Morgan fingerprint density at radius 3 is 2.75 bits per heavy atom. The highest BCUT2D eigenvalue weighted by molar-refractivity contribution is 5.98. The summed E-state index contributed by atoms with van der Waals surface area (Å²) in [5.41, 5.74) is 7.02. The van der Waals surface area contributed by atoms with Crippen LogP contribution < -0.4 is 11.1 Å². The Morgan fingerprint density at radius 1 is 1.45 bits per heavy atom. The zero-order valence-corrected chi connectivity index (χ0v) is 11.7. The predicted molar refractivity (Wildman–Crippen MR) is 74.7 cm³/mol. The minimum absolute atomic E-state index is 0.0794. The second-order valence-electron chi connectivity index (χ2n) is 5.79. The van der Waals surface area contributed by atoms with Gasteiger partial charge >= 0.3 is 5.97 Å². The molecule has 4 N–H and O–H groups in total. The second-order valence-corrected chi connectivity index (χ2v) is 5.79. The van der Waals surface area contributed by atoms with Crippen molar-refractivity contribution in [2.24, 2.45) is 5.73 Å². The van der Waals surface area contributed by atoms with E-state index in [2.05, 4.69) is 10.3 Å². The van der Waals surface area contributed by atoms with E-state index in [-0.39, 0.29) is 6.42 Å². The number of hydrogen-bond donors (Lipinski definition) is 3. The number of nitrogens with one attached hydrogen (secondary N) is 1. The molecule has 1 aliphatic carbocycles. The van der Waals surface area contributed by atoms with Crippen molar-refractivity contribution >= 4 is 17.7 Å². The maximum Gasteiger partial charge on any atom is 0.305 e. The summed E-state index contributed by atoms with van der Waals surface area (Å²) in [6.07, 6.45) is 2.72. The molecule has 1 aromatic heterocycles. The Kier molecular flexibility index (Phi) is 3.65. The van der Waals surface area contributed by atoms with Gasteiger partial charge in [0.05, 0.1) is 12.0 Å². The molecule has 6 nitrogen and oxygen atoms in total. The summed E-state index contributed by atoms with van der Waals surface area (Å²) in [6.45, 7) is 3.50. The van der Waals surface area contributed by atoms with Crippen LogP contribution >= 0.6 is 0 Å². The molecule has 1 amide bonds. The number of nitrogens with two attached hydrogens (primary N) is 1. The normalized spacial score (nSPS) is 13.9. The van der Waals surface area contributed by atoms with Crippen LogP contribution in [0.5, 0.6) is 0 Å². The number of anilines is 1. The van der Waals surface area contributed by atoms with E-state index < -0.39 is 17.4 Å². The van der Waals surface area contributed by atoms with Crippen molar-refractivity contribution in [2.75, 3.05) is 5.32 Å². The van der Waals surface area contributed by atoms with Gasteiger partial charge < -0.3 is 16.2 Å². The van der Waals surface area contributed by atoms with Crippen molar-refractivity contribution in [3.05, 3.63) is 22.9 Å². The van der Waals surface area contributed by atoms with Gasteiger partial charge in [0.25, 0.3) is 5.91 Å². The topological polar surface area (TPSA) is 105 Å². The Labute approximate surface area is 117 Å². The molecule has 0 aromatic carbocycles. The third-order valence-corrected chi connectivity index (χ3v) is 3.37. The lowest BCUT2D eigenvalue weighted by Crippen LogP contribution is -2.35. The van der Waals surface area contributed by atoms with Crippen molar-refractivity contribution in [3.8, 4) is 0 Å². The number of rotatable bonds is 5. The zero-order chi connectivity index (χ0) is 14.9. The third kappa shape index (κ3) is 3.07. The van der Waals surface area contributed by atoms with Gasteiger partial charge in [0.1, 0.15) is 5.82 Å². The summed E-state index contributed by atoms with van der Waals surface area (Å²) in [7, 11) is 0. The number of carbonyl (C=O) groups excluding carboxylic acids is 1. The molecule has 1 aromatic rings. The molecule has 1 aliphatic rings. The fourth-order valence-electron chi connectivity index (χ4n) is 2.50. The number of aliphatic carboxylic acids is 1. The van der Waals surface area contributed by atoms with E-state index in [1.807, 2.05) is 0 Å². The lowest BCUT2D eigenvalue weighted by Gasteiger charge is -2.26. The lowest BCUT2D eigenvalue weighted by molar-refractivity contribution is -0.137. The van der Waals surface area contributed by atoms with Gasteiger partial charge in [-0.25, -0.2) is 4.98 Å². The quantitative estimate of drug-likeness (QED) is 0.753. The van der Waals surface area contributed by atoms with Gasteiger partial charge in [0, 0.05) is 11.2 Å². The van der Waals surface area contributed by atoms with Gasteiger partial charge in [-0.2, -0.15) is 0 Å². The van der Waals surface area contributed by atoms with Crippen LogP contribution in [0, 0.1) is 0 Å². The SMILES string of the molecule is CC(C)(CC(=O)O)Nc1nc2c(cc1C(N)=O)CCC2. The molecule has 0 spiro atoms. The fraction of sp³-hybridized carbons (Fsp3) is 0.500. The molecule has 0 atom stereocenters. The Morgan fingerprint density at radius 2 is 2.15 bits per heavy atom. The number of carbonyl (C=O) groups is 2. The molecule has 0 saturated carbocycles. The van der Waals surface area contributed by atoms with Crippen LogP contribution in [0.4, 0.5) is 5.82 Å². The van der Waals surface area contributed by atoms with E-state index in [1.54, 1.807) is 19.9 Å². The van der Waals surface area contributed by atoms with E-state index in [9.17, 15) is 9.59 Å². The first-order chi connectivity index (χ1) is 9.28. The first-order valence-electron chi connectivity index (χ1n) is 6.61. The minimum atomic E-state index is -0.913. The number of pyridine rings is 1. The highest BCUT2D eigenvalue weighted by Crippen LogP contribution is 2.27. The summed E-state index contributed by atoms with van der Waals surface area (Å²) < 4.78 is 0. The molecule has 108 valence electrons. The molecule has 0 aliphatic heterocycles. The van der Waals surface area contributed by atoms with Crippen molar-refractivity contribution < 1.29 is 14.7 Å². The molecule has 6 heteroatoms. The highest BCUT2D eigenvalue weighted by atomic mass is 16.4. The summed E-state index contributed by atoms with van der Waals surface area (Å²) in [6, 6.07) is 1.77. The summed E-state index contributed by atoms with van der Waals surface area (Å²) in [5.74, 6) is -1.09. The first kappa shape index (κ1) is 14.3. The maximum atomic E-state index is 11.6. The van der Waals surface area contributed by atoms with E-state index >= 15 is 0 Å². The summed E-state index contributed by atoms with van der Waals surface area (Å²) in [5, 5.41) is 11.9. The van der Waals surface area contributed by atoms with Crippen LogP contribution in [-0.4, -0.2) is 27.5 Å². The van der Waals surface area contributed by atoms with Gasteiger partial charge in [0.2, 0.25) is 0 Å². The molecule has 2 rings (SSSR count). The standard InChI is InChI=1S/C14H19N3O3/c1-14(2,7-11(18)19)17-13-9(12(15)20)6-8-4-3-5-10(8)16-13/h6H,3-5,7H2,1-2H3,(H2,15,20)(H,16,17)(H,18,19). The molecule has 0 radical (unpaired) electrons. The van der Waals surface area contributed by atoms with E-state index in [0.29, 0.717) is 11.4 Å². The van der Waals surface area contributed by atoms with E-state index in [1.165, 1.54) is 0 Å². The summed E-state index contributed by atoms with van der Waals surface area (Å²) >= 11 is 0. The largest absolute Gasteiger partial charge is 0.481 e. The van der Waals surface area contributed by atoms with Crippen LogP contribution in [0.1, 0.15) is 48.3 Å². The van der Waals surface area contributed by atoms with Gasteiger partial charge in [-0.05, 0) is 44.7 Å². The third-order valence-electron chi connectivity index (χ3n) is 3.37. The zero-order valence-electron chi connectivity index (χ0n) is 11.7. The number of amides is 1. The van der Waals surface area contributed by atoms with Crippen LogP contribution in [-0.2, 0) is 17.6 Å². The van der Waals surface area contributed by atoms with Crippen molar-refractivity contribution in [1.82, 2.24) is 4.98 Å². The number of primary amides is 1. The molecular weight excluding hydrogens is 258 g/mol. The van der Waals surface area contributed by atoms with Crippen LogP contribution in [0.25, 0.3) is 0 Å². The number of carboxylic acids is 1. The number of aryl methyl sites for hydroxylation is 2. The Bertz CT molecular complexity index is 567. The van der Waals surface area contributed by atoms with Crippen molar-refractivity contribution in [3.63, 3.8) is 0 Å². The average Bonchev–Trinajstić information content (AvgIpc) is 2.71. The first-order valence-corrected chi connectivity index (χ1v) is 6.61. The van der Waals surface area contributed by atoms with Gasteiger partial charge in [-0.3, -0.25) is 9.59 Å². The lowest BCUT2D eigenvalue weighted by atomic mass is 10.00. The monoisotopic (exact) mass is 277 g/mol. The predicted octanol–water partition coefficient (Wildman–Crippen LogP) is 1.33. The molecular formula is C14H19N3O3. The minimum Gasteiger partial charge on any atom is -0.481 e. The molecule has 20 heavy (non-hydrogen) atoms. The second kappa shape index (κ2) is 5.11. The van der Waals surface area contributed by atoms with E-state index in [4.69, 9.17) is 10.8 Å². The van der Waals surface area contributed by atoms with Crippen molar-refractivity contribution in [2.45, 2.75) is 45.1 Å². The fourth-order valence-corrected chi connectivity index (χ4v) is 2.50. The molecule has 0 bridgehead atoms. The number of carboxylic acid groups (broad SMARTS) is 1. The molecule has 0 unspecified atom stereocenters. The smallest absolute Gasteiger partial charge is 0.305 e. The Hall–Kier alpha value is -2.11. The average molecular weight is 277 g/mol. The summed E-state index contributed by atoms with van der Waals surface area (Å²) in [4.78, 5) is 26.9. The maximum absolute atomic E-state index is 11.6. The Balaban J connectivity index is 2.35. The van der Waals surface area contributed by atoms with Crippen LogP contribution in [0.15, 0.2) is 6.07 Å². The van der Waals surface area contributed by atoms with E-state index in [0.717, 1.165) is 30.5 Å². The number of fused-ring (bicyclic) bond motifs is 1. The van der Waals surface area contributed by atoms with Crippen LogP contribution in [0.2, 0.25) is 0 Å². The van der Waals surface area contributed by atoms with Gasteiger partial charge in [0.15, 0.2) is 0 Å². The number of hydrogen-bond acceptors (Lipinski definition) is 4.